The van der Waals surface area contributed by atoms with Gasteiger partial charge in [0.1, 0.15) is 12.8 Å². The number of rotatable bonds is 1. The molecule has 0 spiro atoms. The minimum absolute atomic E-state index is 0.00194. The minimum atomic E-state index is -0.761. The molecule has 74 valence electrons. The van der Waals surface area contributed by atoms with E-state index in [1.54, 1.807) is 10.8 Å². The van der Waals surface area contributed by atoms with Gasteiger partial charge in [-0.25, -0.2) is 4.79 Å². The van der Waals surface area contributed by atoms with Crippen LogP contribution < -0.4 is 16.4 Å². The lowest BCUT2D eigenvalue weighted by atomic mass is 10.4. The van der Waals surface area contributed by atoms with Crippen LogP contribution in [0.1, 0.15) is 12.8 Å². The van der Waals surface area contributed by atoms with E-state index in [0.29, 0.717) is 6.54 Å². The van der Waals surface area contributed by atoms with Crippen LogP contribution in [-0.2, 0) is 0 Å². The summed E-state index contributed by atoms with van der Waals surface area (Å²) < 4.78 is 1.58. The van der Waals surface area contributed by atoms with Crippen LogP contribution in [0.2, 0.25) is 0 Å². The summed E-state index contributed by atoms with van der Waals surface area (Å²) >= 11 is 0. The van der Waals surface area contributed by atoms with Crippen LogP contribution in [0.5, 0.6) is 5.88 Å². The molecular formula is C8H9N3O3. The van der Waals surface area contributed by atoms with Gasteiger partial charge in [-0.15, -0.1) is 0 Å². The fraction of sp³-hybridized carbons (Fsp3) is 0.375. The Morgan fingerprint density at radius 3 is 2.71 bits per heavy atom. The van der Waals surface area contributed by atoms with E-state index in [-0.39, 0.29) is 5.69 Å². The number of H-pyrrole nitrogens is 2. The largest absolute Gasteiger partial charge is 0.855 e. The van der Waals surface area contributed by atoms with Crippen LogP contribution in [0.4, 0.5) is 5.69 Å². The van der Waals surface area contributed by atoms with Crippen LogP contribution in [-0.4, -0.2) is 27.3 Å². The number of nitrogens with one attached hydrogen (secondary N) is 2. The third-order valence-electron chi connectivity index (χ3n) is 2.12. The lowest BCUT2D eigenvalue weighted by Crippen LogP contribution is -2.27. The van der Waals surface area contributed by atoms with Crippen molar-refractivity contribution in [2.24, 2.45) is 0 Å². The fourth-order valence-electron chi connectivity index (χ4n) is 1.52. The van der Waals surface area contributed by atoms with Crippen molar-refractivity contribution in [1.82, 2.24) is 9.97 Å². The van der Waals surface area contributed by atoms with Crippen molar-refractivity contribution in [2.75, 3.05) is 6.54 Å². The molecule has 0 aliphatic carbocycles. The Morgan fingerprint density at radius 2 is 2.14 bits per heavy atom. The van der Waals surface area contributed by atoms with Crippen molar-refractivity contribution in [1.29, 1.82) is 0 Å². The predicted octanol–water partition coefficient (Wildman–Crippen LogP) is -1.35. The highest BCUT2D eigenvalue weighted by molar-refractivity contribution is 5.56. The standard InChI is InChI=1S/C8H9N3O3/c12-6-5(11-3-1-2-4-11)7(13)10-8(14)9-6/h3H,1-2,4H2,(H2-,9,10,12,13,14). The molecule has 1 aliphatic heterocycles. The van der Waals surface area contributed by atoms with E-state index in [4.69, 9.17) is 0 Å². The maximum absolute atomic E-state index is 11.3. The lowest BCUT2D eigenvalue weighted by Gasteiger charge is -2.06. The molecule has 1 aliphatic rings. The van der Waals surface area contributed by atoms with E-state index >= 15 is 0 Å². The van der Waals surface area contributed by atoms with Gasteiger partial charge in [-0.05, 0) is 0 Å². The zero-order valence-electron chi connectivity index (χ0n) is 7.37. The van der Waals surface area contributed by atoms with Gasteiger partial charge in [0, 0.05) is 18.7 Å². The molecule has 0 unspecified atom stereocenters. The van der Waals surface area contributed by atoms with Gasteiger partial charge in [-0.3, -0.25) is 9.78 Å². The van der Waals surface area contributed by atoms with E-state index in [1.807, 2.05) is 9.97 Å². The molecule has 0 bridgehead atoms. The minimum Gasteiger partial charge on any atom is -0.855 e. The van der Waals surface area contributed by atoms with Crippen LogP contribution in [0.3, 0.4) is 0 Å². The molecule has 6 heteroatoms. The Kier molecular flexibility index (Phi) is 1.95. The Morgan fingerprint density at radius 1 is 1.36 bits per heavy atom. The van der Waals surface area contributed by atoms with Gasteiger partial charge < -0.3 is 10.1 Å². The summed E-state index contributed by atoms with van der Waals surface area (Å²) in [5.74, 6) is -0.628. The second-order valence-corrected chi connectivity index (χ2v) is 3.10. The van der Waals surface area contributed by atoms with Gasteiger partial charge in [0.15, 0.2) is 0 Å². The SMILES string of the molecule is O=c1[nH]c([O-])c([N+]2=CCCC2)c(=O)[nH]1. The molecule has 0 saturated heterocycles. The summed E-state index contributed by atoms with van der Waals surface area (Å²) in [4.78, 5) is 26.1. The normalized spacial score (nSPS) is 15.6. The molecular weight excluding hydrogens is 186 g/mol. The number of aromatic amines is 2. The van der Waals surface area contributed by atoms with E-state index in [9.17, 15) is 14.7 Å². The molecule has 2 heterocycles. The van der Waals surface area contributed by atoms with E-state index in [0.717, 1.165) is 12.8 Å². The van der Waals surface area contributed by atoms with Crippen molar-refractivity contribution >= 4 is 11.9 Å². The molecule has 6 nitrogen and oxygen atoms in total. The first kappa shape index (κ1) is 8.74. The topological polar surface area (TPSA) is 91.8 Å². The molecule has 0 fully saturated rings. The predicted molar refractivity (Wildman–Crippen MR) is 47.2 cm³/mol. The molecule has 2 N–H and O–H groups in total. The maximum Gasteiger partial charge on any atom is 0.325 e. The number of hydrogen-bond acceptors (Lipinski definition) is 3. The Bertz CT molecular complexity index is 497. The quantitative estimate of drug-likeness (QED) is 0.542. The van der Waals surface area contributed by atoms with Crippen LogP contribution >= 0.6 is 0 Å². The van der Waals surface area contributed by atoms with E-state index < -0.39 is 17.1 Å². The summed E-state index contributed by atoms with van der Waals surface area (Å²) in [5.41, 5.74) is -1.39. The summed E-state index contributed by atoms with van der Waals surface area (Å²) in [7, 11) is 0. The molecule has 0 amide bonds. The van der Waals surface area contributed by atoms with Gasteiger partial charge in [-0.2, -0.15) is 4.58 Å². The highest BCUT2D eigenvalue weighted by atomic mass is 16.3. The summed E-state index contributed by atoms with van der Waals surface area (Å²) in [6.07, 6.45) is 3.54. The smallest absolute Gasteiger partial charge is 0.325 e. The third-order valence-corrected chi connectivity index (χ3v) is 2.12. The molecule has 2 rings (SSSR count). The second-order valence-electron chi connectivity index (χ2n) is 3.10. The first-order chi connectivity index (χ1) is 6.68. The van der Waals surface area contributed by atoms with Crippen molar-refractivity contribution < 1.29 is 9.68 Å². The lowest BCUT2D eigenvalue weighted by molar-refractivity contribution is -0.438. The molecule has 0 aromatic carbocycles. The number of nitrogens with zero attached hydrogens (tertiary/aromatic N) is 1. The summed E-state index contributed by atoms with van der Waals surface area (Å²) in [6, 6.07) is 0. The molecule has 1 aromatic heterocycles. The summed E-state index contributed by atoms with van der Waals surface area (Å²) in [5, 5.41) is 11.3. The van der Waals surface area contributed by atoms with Crippen LogP contribution in [0, 0.1) is 0 Å². The Balaban J connectivity index is 2.63. The van der Waals surface area contributed by atoms with E-state index in [2.05, 4.69) is 0 Å². The first-order valence-corrected chi connectivity index (χ1v) is 4.32. The van der Waals surface area contributed by atoms with Crippen LogP contribution in [0.25, 0.3) is 0 Å². The fourth-order valence-corrected chi connectivity index (χ4v) is 1.52. The molecule has 0 atom stereocenters. The molecule has 0 radical (unpaired) electrons. The van der Waals surface area contributed by atoms with Crippen molar-refractivity contribution in [3.05, 3.63) is 20.8 Å². The van der Waals surface area contributed by atoms with Crippen LogP contribution in [0.15, 0.2) is 9.59 Å². The second kappa shape index (κ2) is 3.13. The highest BCUT2D eigenvalue weighted by Crippen LogP contribution is 2.15. The van der Waals surface area contributed by atoms with Gasteiger partial charge in [0.2, 0.25) is 0 Å². The van der Waals surface area contributed by atoms with E-state index in [1.165, 1.54) is 0 Å². The van der Waals surface area contributed by atoms with Gasteiger partial charge >= 0.3 is 11.2 Å². The summed E-state index contributed by atoms with van der Waals surface area (Å²) in [6.45, 7) is 0.643. The van der Waals surface area contributed by atoms with Gasteiger partial charge in [0.25, 0.3) is 5.69 Å². The number of hydrogen-bond donors (Lipinski definition) is 2. The average molecular weight is 195 g/mol. The first-order valence-electron chi connectivity index (χ1n) is 4.32. The Labute approximate surface area is 78.5 Å². The Hall–Kier alpha value is -1.85. The monoisotopic (exact) mass is 195 g/mol. The molecule has 0 saturated carbocycles. The van der Waals surface area contributed by atoms with Crippen molar-refractivity contribution in [2.45, 2.75) is 12.8 Å². The van der Waals surface area contributed by atoms with Crippen molar-refractivity contribution in [3.8, 4) is 5.88 Å². The molecule has 1 aromatic rings. The average Bonchev–Trinajstić information content (AvgIpc) is 2.54. The zero-order chi connectivity index (χ0) is 10.1. The zero-order valence-corrected chi connectivity index (χ0v) is 7.37. The van der Waals surface area contributed by atoms with Crippen molar-refractivity contribution in [3.63, 3.8) is 0 Å². The van der Waals surface area contributed by atoms with Gasteiger partial charge in [-0.1, -0.05) is 0 Å². The third kappa shape index (κ3) is 1.34. The number of aromatic nitrogens is 2. The molecule has 14 heavy (non-hydrogen) atoms. The maximum atomic E-state index is 11.3. The van der Waals surface area contributed by atoms with Gasteiger partial charge in [0.05, 0.1) is 0 Å². The highest BCUT2D eigenvalue weighted by Gasteiger charge is 2.19.